The summed E-state index contributed by atoms with van der Waals surface area (Å²) in [6.45, 7) is 4.71. The zero-order valence-electron chi connectivity index (χ0n) is 16.8. The Morgan fingerprint density at radius 1 is 0.500 bits per heavy atom. The summed E-state index contributed by atoms with van der Waals surface area (Å²) < 4.78 is 0. The quantitative estimate of drug-likeness (QED) is 0.414. The van der Waals surface area contributed by atoms with Crippen LogP contribution in [0.4, 0.5) is 0 Å². The molecule has 24 heavy (non-hydrogen) atoms. The molecule has 3 fully saturated rings. The zero-order valence-corrected chi connectivity index (χ0v) is 16.8. The number of hydrogen-bond donors (Lipinski definition) is 0. The van der Waals surface area contributed by atoms with Crippen molar-refractivity contribution in [3.63, 3.8) is 0 Å². The normalized spacial score (nSPS) is 40.2. The van der Waals surface area contributed by atoms with Crippen molar-refractivity contribution in [1.29, 1.82) is 0 Å². The molecule has 0 spiro atoms. The van der Waals surface area contributed by atoms with Crippen LogP contribution >= 0.6 is 0 Å². The van der Waals surface area contributed by atoms with Crippen LogP contribution in [0.2, 0.25) is 0 Å². The maximum absolute atomic E-state index is 2.37. The average Bonchev–Trinajstić information content (AvgIpc) is 2.62. The smallest absolute Gasteiger partial charge is 0.0383 e. The molecule has 3 rings (SSSR count). The molecule has 0 aliphatic heterocycles. The number of hydrogen-bond acceptors (Lipinski definition) is 0. The monoisotopic (exact) mass is 332 g/mol. The number of rotatable bonds is 7. The summed E-state index contributed by atoms with van der Waals surface area (Å²) in [5.74, 6) is 6.66. The van der Waals surface area contributed by atoms with Crippen LogP contribution in [0.1, 0.15) is 117 Å². The first-order valence-electron chi connectivity index (χ1n) is 11.8. The number of unbranched alkanes of at least 4 members (excludes halogenated alkanes) is 2. The minimum atomic E-state index is 1.08. The van der Waals surface area contributed by atoms with Crippen LogP contribution in [-0.4, -0.2) is 0 Å². The van der Waals surface area contributed by atoms with Gasteiger partial charge in [-0.15, -0.1) is 0 Å². The van der Waals surface area contributed by atoms with Crippen LogP contribution in [-0.2, 0) is 0 Å². The minimum absolute atomic E-state index is 1.08. The van der Waals surface area contributed by atoms with E-state index >= 15 is 0 Å². The molecule has 0 heterocycles. The highest BCUT2D eigenvalue weighted by Crippen LogP contribution is 2.49. The molecular weight excluding hydrogens is 288 g/mol. The van der Waals surface area contributed by atoms with Gasteiger partial charge in [-0.2, -0.15) is 0 Å². The van der Waals surface area contributed by atoms with Gasteiger partial charge in [0.1, 0.15) is 0 Å². The molecule has 4 atom stereocenters. The Balaban J connectivity index is 1.40. The van der Waals surface area contributed by atoms with Crippen LogP contribution in [0.25, 0.3) is 0 Å². The van der Waals surface area contributed by atoms with Crippen LogP contribution in [0, 0.1) is 35.5 Å². The van der Waals surface area contributed by atoms with Gasteiger partial charge < -0.3 is 0 Å². The summed E-state index contributed by atoms with van der Waals surface area (Å²) >= 11 is 0. The number of fused-ring (bicyclic) bond motifs is 1. The predicted octanol–water partition coefficient (Wildman–Crippen LogP) is 8.01. The first-order chi connectivity index (χ1) is 11.8. The van der Waals surface area contributed by atoms with E-state index in [0.717, 1.165) is 35.5 Å². The van der Waals surface area contributed by atoms with Crippen molar-refractivity contribution in [1.82, 2.24) is 0 Å². The lowest BCUT2D eigenvalue weighted by molar-refractivity contribution is 0.0575. The highest BCUT2D eigenvalue weighted by Gasteiger charge is 2.38. The summed E-state index contributed by atoms with van der Waals surface area (Å²) in [4.78, 5) is 0. The van der Waals surface area contributed by atoms with E-state index in [1.54, 1.807) is 70.6 Å². The van der Waals surface area contributed by atoms with Crippen molar-refractivity contribution in [2.45, 2.75) is 117 Å². The topological polar surface area (TPSA) is 0 Å². The highest BCUT2D eigenvalue weighted by molar-refractivity contribution is 4.89. The minimum Gasteiger partial charge on any atom is -0.0654 e. The van der Waals surface area contributed by atoms with Gasteiger partial charge in [-0.05, 0) is 80.5 Å². The molecule has 3 aliphatic carbocycles. The van der Waals surface area contributed by atoms with E-state index < -0.39 is 0 Å². The van der Waals surface area contributed by atoms with Gasteiger partial charge in [0.05, 0.1) is 0 Å². The summed E-state index contributed by atoms with van der Waals surface area (Å²) in [6.07, 6.45) is 24.6. The third-order valence-corrected chi connectivity index (χ3v) is 8.23. The molecule has 0 aromatic carbocycles. The van der Waals surface area contributed by atoms with Gasteiger partial charge in [-0.25, -0.2) is 0 Å². The zero-order chi connectivity index (χ0) is 16.8. The second-order valence-corrected chi connectivity index (χ2v) is 9.84. The van der Waals surface area contributed by atoms with E-state index in [4.69, 9.17) is 0 Å². The van der Waals surface area contributed by atoms with Gasteiger partial charge in [0, 0.05) is 0 Å². The van der Waals surface area contributed by atoms with Crippen molar-refractivity contribution >= 4 is 0 Å². The van der Waals surface area contributed by atoms with Crippen LogP contribution in [0.3, 0.4) is 0 Å². The van der Waals surface area contributed by atoms with Gasteiger partial charge in [0.15, 0.2) is 0 Å². The Morgan fingerprint density at radius 3 is 1.79 bits per heavy atom. The van der Waals surface area contributed by atoms with Crippen molar-refractivity contribution in [3.8, 4) is 0 Å². The van der Waals surface area contributed by atoms with Gasteiger partial charge in [-0.3, -0.25) is 0 Å². The molecule has 140 valence electrons. The molecule has 0 radical (unpaired) electrons. The van der Waals surface area contributed by atoms with E-state index in [9.17, 15) is 0 Å². The molecule has 0 aromatic heterocycles. The van der Waals surface area contributed by atoms with E-state index in [2.05, 4.69) is 13.8 Å². The molecule has 0 aromatic rings. The van der Waals surface area contributed by atoms with E-state index in [1.807, 2.05) is 0 Å². The van der Waals surface area contributed by atoms with Gasteiger partial charge in [0.25, 0.3) is 0 Å². The van der Waals surface area contributed by atoms with Crippen LogP contribution < -0.4 is 0 Å². The van der Waals surface area contributed by atoms with Crippen molar-refractivity contribution < 1.29 is 0 Å². The fourth-order valence-electron chi connectivity index (χ4n) is 6.75. The molecule has 0 nitrogen and oxygen atoms in total. The van der Waals surface area contributed by atoms with E-state index in [0.29, 0.717) is 0 Å². The second kappa shape index (κ2) is 9.63. The van der Waals surface area contributed by atoms with Crippen LogP contribution in [0.15, 0.2) is 0 Å². The van der Waals surface area contributed by atoms with E-state index in [-0.39, 0.29) is 0 Å². The Kier molecular flexibility index (Phi) is 7.54. The molecule has 0 N–H and O–H groups in total. The lowest BCUT2D eigenvalue weighted by Gasteiger charge is -2.45. The molecule has 3 aliphatic rings. The Labute approximate surface area is 152 Å². The molecule has 0 heteroatoms. The van der Waals surface area contributed by atoms with Crippen LogP contribution in [0.5, 0.6) is 0 Å². The van der Waals surface area contributed by atoms with Gasteiger partial charge in [0.2, 0.25) is 0 Å². The third-order valence-electron chi connectivity index (χ3n) is 8.23. The first kappa shape index (κ1) is 18.8. The Bertz CT molecular complexity index is 338. The van der Waals surface area contributed by atoms with Crippen molar-refractivity contribution in [2.75, 3.05) is 0 Å². The average molecular weight is 333 g/mol. The lowest BCUT2D eigenvalue weighted by atomic mass is 9.60. The Morgan fingerprint density at radius 2 is 1.08 bits per heavy atom. The summed E-state index contributed by atoms with van der Waals surface area (Å²) in [7, 11) is 0. The lowest BCUT2D eigenvalue weighted by Crippen LogP contribution is -2.34. The third kappa shape index (κ3) is 5.01. The largest absolute Gasteiger partial charge is 0.0654 e. The molecule has 0 amide bonds. The molecule has 0 bridgehead atoms. The summed E-state index contributed by atoms with van der Waals surface area (Å²) in [5, 5.41) is 0. The Hall–Kier alpha value is 0. The fraction of sp³-hybridized carbons (Fsp3) is 1.00. The maximum Gasteiger partial charge on any atom is -0.0383 e. The van der Waals surface area contributed by atoms with Crippen molar-refractivity contribution in [3.05, 3.63) is 0 Å². The summed E-state index contributed by atoms with van der Waals surface area (Å²) in [6, 6.07) is 0. The maximum atomic E-state index is 2.37. The molecular formula is C24H44. The second-order valence-electron chi connectivity index (χ2n) is 9.84. The first-order valence-corrected chi connectivity index (χ1v) is 11.8. The highest BCUT2D eigenvalue weighted by atomic mass is 14.4. The molecule has 0 saturated heterocycles. The predicted molar refractivity (Wildman–Crippen MR) is 106 cm³/mol. The van der Waals surface area contributed by atoms with E-state index in [1.165, 1.54) is 32.1 Å². The SMILES string of the molecule is CCCCCC1CCC2CC(C3CCC(CCC)CC3)CCC2C1. The standard InChI is InChI=1S/C24H44/c1-3-5-6-8-20-11-14-24-18-23(16-15-22(24)17-20)21-12-9-19(7-4-2)10-13-21/h19-24H,3-18H2,1-2H3. The molecule has 4 unspecified atom stereocenters. The summed E-state index contributed by atoms with van der Waals surface area (Å²) in [5.41, 5.74) is 0. The van der Waals surface area contributed by atoms with Gasteiger partial charge >= 0.3 is 0 Å². The van der Waals surface area contributed by atoms with Crippen molar-refractivity contribution in [2.24, 2.45) is 35.5 Å². The molecule has 3 saturated carbocycles. The van der Waals surface area contributed by atoms with Gasteiger partial charge in [-0.1, -0.05) is 71.6 Å². The fourth-order valence-corrected chi connectivity index (χ4v) is 6.75.